The Bertz CT molecular complexity index is 668. The number of anilines is 1. The normalized spacial score (nSPS) is 15.8. The van der Waals surface area contributed by atoms with E-state index in [2.05, 4.69) is 15.5 Å². The Balaban J connectivity index is 1.75. The van der Waals surface area contributed by atoms with Crippen molar-refractivity contribution in [1.82, 2.24) is 15.5 Å². The van der Waals surface area contributed by atoms with Crippen LogP contribution in [0.3, 0.4) is 0 Å². The van der Waals surface area contributed by atoms with Gasteiger partial charge >= 0.3 is 6.01 Å². The van der Waals surface area contributed by atoms with Crippen LogP contribution in [0.4, 0.5) is 6.01 Å². The van der Waals surface area contributed by atoms with Crippen molar-refractivity contribution >= 4 is 11.9 Å². The highest BCUT2D eigenvalue weighted by Crippen LogP contribution is 2.22. The lowest BCUT2D eigenvalue weighted by Crippen LogP contribution is -2.36. The second-order valence-corrected chi connectivity index (χ2v) is 6.08. The molecule has 0 aliphatic carbocycles. The van der Waals surface area contributed by atoms with Crippen LogP contribution >= 0.6 is 0 Å². The Hall–Kier alpha value is -2.41. The van der Waals surface area contributed by atoms with Crippen LogP contribution in [0, 0.1) is 0 Å². The molecule has 1 aromatic carbocycles. The van der Waals surface area contributed by atoms with Gasteiger partial charge in [0.1, 0.15) is 6.04 Å². The summed E-state index contributed by atoms with van der Waals surface area (Å²) in [5.74, 6) is 0.435. The van der Waals surface area contributed by atoms with Crippen molar-refractivity contribution in [3.63, 3.8) is 0 Å². The maximum Gasteiger partial charge on any atom is 0.318 e. The van der Waals surface area contributed by atoms with Gasteiger partial charge in [-0.1, -0.05) is 42.4 Å². The van der Waals surface area contributed by atoms with Crippen LogP contribution in [-0.2, 0) is 16.0 Å². The summed E-state index contributed by atoms with van der Waals surface area (Å²) in [4.78, 5) is 14.1. The molecular weight excluding hydrogens is 320 g/mol. The summed E-state index contributed by atoms with van der Waals surface area (Å²) in [6, 6.07) is 10.1. The van der Waals surface area contributed by atoms with Gasteiger partial charge in [-0.15, -0.1) is 5.10 Å². The van der Waals surface area contributed by atoms with Gasteiger partial charge in [0.2, 0.25) is 11.8 Å². The standard InChI is InChI=1S/C18H24N4O3/c1-2-6-16(23)19-15(13-14-7-4-3-5-8-14)17-20-21-18(25-17)22-9-11-24-12-10-22/h3-5,7-8,15H,2,6,9-13H2,1H3,(H,19,23). The minimum atomic E-state index is -0.330. The van der Waals surface area contributed by atoms with E-state index in [0.29, 0.717) is 38.0 Å². The molecule has 0 saturated carbocycles. The molecule has 1 amide bonds. The quantitative estimate of drug-likeness (QED) is 0.828. The molecule has 1 aromatic heterocycles. The van der Waals surface area contributed by atoms with Gasteiger partial charge < -0.3 is 19.4 Å². The van der Waals surface area contributed by atoms with E-state index in [0.717, 1.165) is 25.1 Å². The number of morpholine rings is 1. The maximum absolute atomic E-state index is 12.1. The van der Waals surface area contributed by atoms with Crippen LogP contribution in [0.1, 0.15) is 37.3 Å². The molecule has 1 atom stereocenters. The fourth-order valence-electron chi connectivity index (χ4n) is 2.79. The number of amides is 1. The monoisotopic (exact) mass is 344 g/mol. The Kier molecular flexibility index (Phi) is 6.00. The molecule has 1 fully saturated rings. The Labute approximate surface area is 147 Å². The van der Waals surface area contributed by atoms with Crippen molar-refractivity contribution in [3.8, 4) is 0 Å². The number of ether oxygens (including phenoxy) is 1. The van der Waals surface area contributed by atoms with Crippen molar-refractivity contribution in [3.05, 3.63) is 41.8 Å². The third-order valence-corrected chi connectivity index (χ3v) is 4.10. The third-order valence-electron chi connectivity index (χ3n) is 4.10. The number of carbonyl (C=O) groups excluding carboxylic acids is 1. The van der Waals surface area contributed by atoms with Crippen LogP contribution in [0.5, 0.6) is 0 Å². The number of benzene rings is 1. The highest BCUT2D eigenvalue weighted by molar-refractivity contribution is 5.76. The van der Waals surface area contributed by atoms with Crippen molar-refractivity contribution < 1.29 is 13.9 Å². The molecule has 1 N–H and O–H groups in total. The maximum atomic E-state index is 12.1. The van der Waals surface area contributed by atoms with Gasteiger partial charge in [-0.3, -0.25) is 4.79 Å². The first kappa shape index (κ1) is 17.4. The molecule has 0 bridgehead atoms. The number of carbonyl (C=O) groups is 1. The molecule has 7 heteroatoms. The van der Waals surface area contributed by atoms with Crippen molar-refractivity contribution in [2.24, 2.45) is 0 Å². The van der Waals surface area contributed by atoms with Gasteiger partial charge in [0.25, 0.3) is 0 Å². The Morgan fingerprint density at radius 2 is 2.00 bits per heavy atom. The lowest BCUT2D eigenvalue weighted by atomic mass is 10.1. The smallest absolute Gasteiger partial charge is 0.318 e. The zero-order chi connectivity index (χ0) is 17.5. The molecular formula is C18H24N4O3. The summed E-state index contributed by atoms with van der Waals surface area (Å²) in [7, 11) is 0. The molecule has 1 saturated heterocycles. The average molecular weight is 344 g/mol. The summed E-state index contributed by atoms with van der Waals surface area (Å²) in [5, 5.41) is 11.4. The number of nitrogens with zero attached hydrogens (tertiary/aromatic N) is 3. The van der Waals surface area contributed by atoms with Crippen LogP contribution in [0.25, 0.3) is 0 Å². The van der Waals surface area contributed by atoms with E-state index in [9.17, 15) is 4.79 Å². The summed E-state index contributed by atoms with van der Waals surface area (Å²) in [6.45, 7) is 4.74. The molecule has 1 aliphatic heterocycles. The zero-order valence-corrected chi connectivity index (χ0v) is 14.5. The lowest BCUT2D eigenvalue weighted by molar-refractivity contribution is -0.122. The number of rotatable bonds is 7. The minimum Gasteiger partial charge on any atom is -0.406 e. The van der Waals surface area contributed by atoms with E-state index in [-0.39, 0.29) is 11.9 Å². The van der Waals surface area contributed by atoms with Gasteiger partial charge in [0.05, 0.1) is 13.2 Å². The molecule has 1 unspecified atom stereocenters. The zero-order valence-electron chi connectivity index (χ0n) is 14.5. The SMILES string of the molecule is CCCC(=O)NC(Cc1ccccc1)c1nnc(N2CCOCC2)o1. The van der Waals surface area contributed by atoms with Gasteiger partial charge in [0.15, 0.2) is 0 Å². The molecule has 25 heavy (non-hydrogen) atoms. The highest BCUT2D eigenvalue weighted by atomic mass is 16.5. The largest absolute Gasteiger partial charge is 0.406 e. The number of hydrogen-bond donors (Lipinski definition) is 1. The van der Waals surface area contributed by atoms with E-state index < -0.39 is 0 Å². The Morgan fingerprint density at radius 3 is 2.72 bits per heavy atom. The first-order valence-corrected chi connectivity index (χ1v) is 8.75. The second kappa shape index (κ2) is 8.62. The van der Waals surface area contributed by atoms with Crippen LogP contribution in [0.2, 0.25) is 0 Å². The molecule has 2 aromatic rings. The molecule has 0 spiro atoms. The fourth-order valence-corrected chi connectivity index (χ4v) is 2.79. The average Bonchev–Trinajstić information content (AvgIpc) is 3.13. The lowest BCUT2D eigenvalue weighted by Gasteiger charge is -2.24. The van der Waals surface area contributed by atoms with Gasteiger partial charge in [-0.25, -0.2) is 0 Å². The van der Waals surface area contributed by atoms with Gasteiger partial charge in [-0.2, -0.15) is 0 Å². The van der Waals surface area contributed by atoms with E-state index in [1.54, 1.807) is 0 Å². The van der Waals surface area contributed by atoms with E-state index in [1.807, 2.05) is 42.2 Å². The van der Waals surface area contributed by atoms with E-state index in [1.165, 1.54) is 0 Å². The van der Waals surface area contributed by atoms with Crippen LogP contribution in [0.15, 0.2) is 34.7 Å². The predicted octanol–water partition coefficient (Wildman–Crippen LogP) is 2.11. The topological polar surface area (TPSA) is 80.5 Å². The van der Waals surface area contributed by atoms with Crippen LogP contribution in [-0.4, -0.2) is 42.4 Å². The number of nitrogens with one attached hydrogen (secondary N) is 1. The molecule has 1 aliphatic rings. The summed E-state index contributed by atoms with van der Waals surface area (Å²) >= 11 is 0. The summed E-state index contributed by atoms with van der Waals surface area (Å²) < 4.78 is 11.2. The van der Waals surface area contributed by atoms with E-state index in [4.69, 9.17) is 9.15 Å². The Morgan fingerprint density at radius 1 is 1.24 bits per heavy atom. The molecule has 134 valence electrons. The minimum absolute atomic E-state index is 0.00504. The first-order valence-electron chi connectivity index (χ1n) is 8.75. The predicted molar refractivity (Wildman–Crippen MR) is 93.3 cm³/mol. The number of hydrogen-bond acceptors (Lipinski definition) is 6. The molecule has 7 nitrogen and oxygen atoms in total. The van der Waals surface area contributed by atoms with E-state index >= 15 is 0 Å². The van der Waals surface area contributed by atoms with Gasteiger partial charge in [0, 0.05) is 25.9 Å². The molecule has 0 radical (unpaired) electrons. The van der Waals surface area contributed by atoms with Crippen LogP contribution < -0.4 is 10.2 Å². The summed E-state index contributed by atoms with van der Waals surface area (Å²) in [5.41, 5.74) is 1.11. The highest BCUT2D eigenvalue weighted by Gasteiger charge is 2.24. The second-order valence-electron chi connectivity index (χ2n) is 6.08. The van der Waals surface area contributed by atoms with Crippen molar-refractivity contribution in [1.29, 1.82) is 0 Å². The first-order chi connectivity index (χ1) is 12.3. The van der Waals surface area contributed by atoms with Gasteiger partial charge in [-0.05, 0) is 12.0 Å². The van der Waals surface area contributed by atoms with Crippen molar-refractivity contribution in [2.75, 3.05) is 31.2 Å². The number of aromatic nitrogens is 2. The molecule has 3 rings (SSSR count). The molecule has 2 heterocycles. The summed E-state index contributed by atoms with van der Waals surface area (Å²) in [6.07, 6.45) is 1.89. The van der Waals surface area contributed by atoms with Crippen molar-refractivity contribution in [2.45, 2.75) is 32.2 Å². The fraction of sp³-hybridized carbons (Fsp3) is 0.500. The third kappa shape index (κ3) is 4.79.